The molecule has 0 aliphatic heterocycles. The predicted octanol–water partition coefficient (Wildman–Crippen LogP) is 1.76. The summed E-state index contributed by atoms with van der Waals surface area (Å²) in [5, 5.41) is 1.84. The summed E-state index contributed by atoms with van der Waals surface area (Å²) < 4.78 is 0. The molecule has 1 saturated carbocycles. The Labute approximate surface area is 64.4 Å². The van der Waals surface area contributed by atoms with Crippen molar-refractivity contribution in [2.45, 2.75) is 45.6 Å². The number of hydrogen-bond acceptors (Lipinski definition) is 2. The number of nitrogens with two attached hydrogens (primary N) is 1. The van der Waals surface area contributed by atoms with Crippen molar-refractivity contribution in [2.75, 3.05) is 7.05 Å². The van der Waals surface area contributed by atoms with E-state index < -0.39 is 0 Å². The Hall–Kier alpha value is -0.0800. The van der Waals surface area contributed by atoms with E-state index in [-0.39, 0.29) is 0 Å². The van der Waals surface area contributed by atoms with Crippen molar-refractivity contribution in [2.24, 2.45) is 5.84 Å². The lowest BCUT2D eigenvalue weighted by Crippen LogP contribution is -2.35. The fourth-order valence-electron chi connectivity index (χ4n) is 1.31. The quantitative estimate of drug-likeness (QED) is 0.449. The summed E-state index contributed by atoms with van der Waals surface area (Å²) in [4.78, 5) is 0. The summed E-state index contributed by atoms with van der Waals surface area (Å²) >= 11 is 0. The van der Waals surface area contributed by atoms with E-state index in [0.29, 0.717) is 6.04 Å². The fourth-order valence-corrected chi connectivity index (χ4v) is 1.31. The van der Waals surface area contributed by atoms with Gasteiger partial charge in [0.1, 0.15) is 0 Å². The largest absolute Gasteiger partial charge is 0.269 e. The average Bonchev–Trinajstić information content (AvgIpc) is 2.42. The van der Waals surface area contributed by atoms with Crippen molar-refractivity contribution < 1.29 is 0 Å². The SMILES string of the molecule is CC.CN(N)C1CCCC1. The second-order valence-corrected chi connectivity index (χ2v) is 2.60. The zero-order valence-corrected chi connectivity index (χ0v) is 7.43. The lowest BCUT2D eigenvalue weighted by atomic mass is 10.2. The van der Waals surface area contributed by atoms with Crippen molar-refractivity contribution in [1.29, 1.82) is 0 Å². The summed E-state index contributed by atoms with van der Waals surface area (Å²) in [5.41, 5.74) is 0. The van der Waals surface area contributed by atoms with Gasteiger partial charge in [0.2, 0.25) is 0 Å². The van der Waals surface area contributed by atoms with Gasteiger partial charge in [-0.2, -0.15) is 0 Å². The van der Waals surface area contributed by atoms with Crippen LogP contribution in [0, 0.1) is 0 Å². The third-order valence-corrected chi connectivity index (χ3v) is 1.90. The van der Waals surface area contributed by atoms with Crippen LogP contribution in [0.2, 0.25) is 0 Å². The molecule has 1 aliphatic carbocycles. The first-order chi connectivity index (χ1) is 4.80. The van der Waals surface area contributed by atoms with Gasteiger partial charge in [-0.05, 0) is 12.8 Å². The van der Waals surface area contributed by atoms with Gasteiger partial charge in [-0.3, -0.25) is 5.84 Å². The molecule has 0 bridgehead atoms. The van der Waals surface area contributed by atoms with E-state index in [1.165, 1.54) is 25.7 Å². The maximum absolute atomic E-state index is 5.53. The number of hydrazine groups is 1. The van der Waals surface area contributed by atoms with Gasteiger partial charge in [-0.1, -0.05) is 26.7 Å². The van der Waals surface area contributed by atoms with Crippen LogP contribution in [0.4, 0.5) is 0 Å². The molecular weight excluding hydrogens is 124 g/mol. The molecule has 10 heavy (non-hydrogen) atoms. The molecule has 0 saturated heterocycles. The van der Waals surface area contributed by atoms with Crippen LogP contribution in [-0.4, -0.2) is 18.1 Å². The Morgan fingerprint density at radius 3 is 1.80 bits per heavy atom. The van der Waals surface area contributed by atoms with Crippen LogP contribution < -0.4 is 5.84 Å². The third-order valence-electron chi connectivity index (χ3n) is 1.90. The monoisotopic (exact) mass is 144 g/mol. The van der Waals surface area contributed by atoms with Gasteiger partial charge in [-0.15, -0.1) is 0 Å². The first-order valence-electron chi connectivity index (χ1n) is 4.28. The molecule has 1 rings (SSSR count). The van der Waals surface area contributed by atoms with Crippen LogP contribution in [0.15, 0.2) is 0 Å². The van der Waals surface area contributed by atoms with Crippen LogP contribution in [-0.2, 0) is 0 Å². The van der Waals surface area contributed by atoms with Gasteiger partial charge in [0, 0.05) is 13.1 Å². The molecule has 0 aromatic carbocycles. The number of hydrogen-bond donors (Lipinski definition) is 1. The van der Waals surface area contributed by atoms with Gasteiger partial charge in [-0.25, -0.2) is 5.01 Å². The van der Waals surface area contributed by atoms with E-state index in [4.69, 9.17) is 5.84 Å². The second-order valence-electron chi connectivity index (χ2n) is 2.60. The zero-order valence-electron chi connectivity index (χ0n) is 7.43. The number of rotatable bonds is 1. The first-order valence-corrected chi connectivity index (χ1v) is 4.28. The molecule has 0 aromatic heterocycles. The molecule has 0 aromatic rings. The van der Waals surface area contributed by atoms with Crippen LogP contribution >= 0.6 is 0 Å². The van der Waals surface area contributed by atoms with E-state index >= 15 is 0 Å². The Kier molecular flexibility index (Phi) is 5.64. The van der Waals surface area contributed by atoms with E-state index in [2.05, 4.69) is 0 Å². The van der Waals surface area contributed by atoms with Gasteiger partial charge in [0.05, 0.1) is 0 Å². The van der Waals surface area contributed by atoms with Crippen LogP contribution in [0.3, 0.4) is 0 Å². The van der Waals surface area contributed by atoms with E-state index in [0.717, 1.165) is 0 Å². The molecule has 2 N–H and O–H groups in total. The minimum atomic E-state index is 0.676. The summed E-state index contributed by atoms with van der Waals surface area (Å²) in [5.74, 6) is 5.53. The smallest absolute Gasteiger partial charge is 0.0238 e. The fraction of sp³-hybridized carbons (Fsp3) is 1.00. The molecule has 2 heteroatoms. The molecule has 1 aliphatic rings. The molecule has 62 valence electrons. The second kappa shape index (κ2) is 5.69. The zero-order chi connectivity index (χ0) is 7.98. The normalized spacial score (nSPS) is 18.9. The molecule has 0 unspecified atom stereocenters. The molecule has 0 amide bonds. The molecule has 0 spiro atoms. The number of nitrogens with zero attached hydrogens (tertiary/aromatic N) is 1. The summed E-state index contributed by atoms with van der Waals surface area (Å²) in [6.07, 6.45) is 5.33. The Morgan fingerprint density at radius 1 is 1.20 bits per heavy atom. The van der Waals surface area contributed by atoms with Crippen molar-refractivity contribution in [3.05, 3.63) is 0 Å². The van der Waals surface area contributed by atoms with Crippen molar-refractivity contribution in [1.82, 2.24) is 5.01 Å². The highest BCUT2D eigenvalue weighted by atomic mass is 15.4. The third kappa shape index (κ3) is 3.18. The highest BCUT2D eigenvalue weighted by molar-refractivity contribution is 4.71. The minimum absolute atomic E-state index is 0.676. The Morgan fingerprint density at radius 2 is 1.60 bits per heavy atom. The van der Waals surface area contributed by atoms with Crippen molar-refractivity contribution >= 4 is 0 Å². The van der Waals surface area contributed by atoms with Gasteiger partial charge < -0.3 is 0 Å². The molecule has 2 nitrogen and oxygen atoms in total. The van der Waals surface area contributed by atoms with Crippen molar-refractivity contribution in [3.8, 4) is 0 Å². The lowest BCUT2D eigenvalue weighted by Gasteiger charge is -2.16. The van der Waals surface area contributed by atoms with Crippen molar-refractivity contribution in [3.63, 3.8) is 0 Å². The Balaban J connectivity index is 0.000000371. The molecule has 0 heterocycles. The standard InChI is InChI=1S/C6H14N2.C2H6/c1-8(7)6-4-2-3-5-6;1-2/h6H,2-5,7H2,1H3;1-2H3. The Bertz CT molecular complexity index is 65.7. The molecular formula is C8H20N2. The minimum Gasteiger partial charge on any atom is -0.269 e. The van der Waals surface area contributed by atoms with E-state index in [1.807, 2.05) is 25.9 Å². The van der Waals surface area contributed by atoms with E-state index in [1.54, 1.807) is 0 Å². The first kappa shape index (κ1) is 9.92. The van der Waals surface area contributed by atoms with E-state index in [9.17, 15) is 0 Å². The predicted molar refractivity (Wildman–Crippen MR) is 45.6 cm³/mol. The highest BCUT2D eigenvalue weighted by Crippen LogP contribution is 2.19. The summed E-state index contributed by atoms with van der Waals surface area (Å²) in [6.45, 7) is 4.00. The van der Waals surface area contributed by atoms with Gasteiger partial charge in [0.25, 0.3) is 0 Å². The lowest BCUT2D eigenvalue weighted by molar-refractivity contribution is 0.253. The molecule has 0 radical (unpaired) electrons. The topological polar surface area (TPSA) is 29.3 Å². The molecule has 1 fully saturated rings. The molecule has 0 atom stereocenters. The van der Waals surface area contributed by atoms with Crippen LogP contribution in [0.1, 0.15) is 39.5 Å². The maximum Gasteiger partial charge on any atom is 0.0238 e. The van der Waals surface area contributed by atoms with Gasteiger partial charge >= 0.3 is 0 Å². The summed E-state index contributed by atoms with van der Waals surface area (Å²) in [6, 6.07) is 0.676. The van der Waals surface area contributed by atoms with Crippen LogP contribution in [0.5, 0.6) is 0 Å². The van der Waals surface area contributed by atoms with Crippen LogP contribution in [0.25, 0.3) is 0 Å². The highest BCUT2D eigenvalue weighted by Gasteiger charge is 2.16. The van der Waals surface area contributed by atoms with Gasteiger partial charge in [0.15, 0.2) is 0 Å². The maximum atomic E-state index is 5.53. The average molecular weight is 144 g/mol. The summed E-state index contributed by atoms with van der Waals surface area (Å²) in [7, 11) is 1.95.